The van der Waals surface area contributed by atoms with Gasteiger partial charge in [0.15, 0.2) is 0 Å². The Balaban J connectivity index is 1.95. The van der Waals surface area contributed by atoms with Crippen molar-refractivity contribution in [2.45, 2.75) is 19.4 Å². The van der Waals surface area contributed by atoms with E-state index in [1.807, 2.05) is 36.4 Å². The molecule has 2 aromatic carbocycles. The number of rotatable bonds is 5. The summed E-state index contributed by atoms with van der Waals surface area (Å²) in [6.45, 7) is 1.34. The number of carbonyl (C=O) groups excluding carboxylic acids is 1. The molecule has 1 aromatic heterocycles. The Morgan fingerprint density at radius 2 is 1.85 bits per heavy atom. The number of amides is 1. The van der Waals surface area contributed by atoms with Crippen LogP contribution in [0.2, 0.25) is 0 Å². The highest BCUT2D eigenvalue weighted by Gasteiger charge is 2.18. The van der Waals surface area contributed by atoms with Gasteiger partial charge in [-0.1, -0.05) is 36.4 Å². The minimum atomic E-state index is -1.17. The van der Waals surface area contributed by atoms with Gasteiger partial charge in [0.1, 0.15) is 11.6 Å². The first-order valence-electron chi connectivity index (χ1n) is 8.17. The Morgan fingerprint density at radius 3 is 2.54 bits per heavy atom. The molecule has 0 spiro atoms. The van der Waals surface area contributed by atoms with Crippen LogP contribution in [-0.4, -0.2) is 28.0 Å². The minimum Gasteiger partial charge on any atom is -0.480 e. The van der Waals surface area contributed by atoms with Crippen LogP contribution < -0.4 is 10.7 Å². The summed E-state index contributed by atoms with van der Waals surface area (Å²) < 4.78 is 0. The second-order valence-corrected chi connectivity index (χ2v) is 6.11. The number of fused-ring (bicyclic) bond motifs is 1. The highest BCUT2D eigenvalue weighted by atomic mass is 16.4. The zero-order valence-electron chi connectivity index (χ0n) is 14.2. The first-order valence-corrected chi connectivity index (χ1v) is 8.17. The van der Waals surface area contributed by atoms with Gasteiger partial charge in [0, 0.05) is 17.1 Å². The number of carboxylic acids is 1. The molecular formula is C20H18N2O4. The van der Waals surface area contributed by atoms with Crippen molar-refractivity contribution in [1.82, 2.24) is 10.3 Å². The number of H-pyrrole nitrogens is 1. The fourth-order valence-corrected chi connectivity index (χ4v) is 2.71. The predicted molar refractivity (Wildman–Crippen MR) is 98.4 cm³/mol. The molecule has 6 nitrogen and oxygen atoms in total. The molecule has 3 rings (SSSR count). The van der Waals surface area contributed by atoms with Crippen molar-refractivity contribution in [3.05, 3.63) is 81.6 Å². The molecule has 1 unspecified atom stereocenters. The summed E-state index contributed by atoms with van der Waals surface area (Å²) in [6.07, 6.45) is 1.98. The molecule has 3 N–H and O–H groups in total. The third-order valence-corrected chi connectivity index (χ3v) is 4.16. The second-order valence-electron chi connectivity index (χ2n) is 6.11. The maximum atomic E-state index is 12.7. The van der Waals surface area contributed by atoms with Crippen LogP contribution in [-0.2, 0) is 11.2 Å². The van der Waals surface area contributed by atoms with Gasteiger partial charge in [0.25, 0.3) is 5.91 Å². The number of hydrogen-bond acceptors (Lipinski definition) is 3. The number of aromatic nitrogens is 1. The summed E-state index contributed by atoms with van der Waals surface area (Å²) >= 11 is 0. The van der Waals surface area contributed by atoms with E-state index in [2.05, 4.69) is 10.3 Å². The number of aliphatic carboxylic acids is 1. The molecule has 0 fully saturated rings. The maximum Gasteiger partial charge on any atom is 0.325 e. The molecule has 0 aliphatic heterocycles. The van der Waals surface area contributed by atoms with Crippen molar-refractivity contribution < 1.29 is 14.7 Å². The summed E-state index contributed by atoms with van der Waals surface area (Å²) in [5.74, 6) is -1.88. The standard InChI is InChI=1S/C20H18N2O4/c1-12(20(25)26)22-19(24)16-11-21-17-8-7-14(10-15(17)18(16)23)9-13-5-3-2-4-6-13/h2-8,10-12H,9H2,1H3,(H,21,23)(H,22,24)(H,25,26). The quantitative estimate of drug-likeness (QED) is 0.657. The molecule has 132 valence electrons. The number of carboxylic acid groups (broad SMARTS) is 1. The molecule has 0 saturated carbocycles. The summed E-state index contributed by atoms with van der Waals surface area (Å²) in [5.41, 5.74) is 2.15. The Labute approximate surface area is 149 Å². The fourth-order valence-electron chi connectivity index (χ4n) is 2.71. The van der Waals surface area contributed by atoms with Gasteiger partial charge in [-0.05, 0) is 36.6 Å². The van der Waals surface area contributed by atoms with Gasteiger partial charge in [-0.15, -0.1) is 0 Å². The first-order chi connectivity index (χ1) is 12.5. The van der Waals surface area contributed by atoms with Crippen molar-refractivity contribution in [2.75, 3.05) is 0 Å². The molecule has 0 saturated heterocycles. The molecule has 1 amide bonds. The maximum absolute atomic E-state index is 12.7. The van der Waals surface area contributed by atoms with E-state index in [1.165, 1.54) is 13.1 Å². The Hall–Kier alpha value is -3.41. The van der Waals surface area contributed by atoms with E-state index in [1.54, 1.807) is 12.1 Å². The van der Waals surface area contributed by atoms with Crippen LogP contribution in [0.5, 0.6) is 0 Å². The number of hydrogen-bond donors (Lipinski definition) is 3. The Morgan fingerprint density at radius 1 is 1.12 bits per heavy atom. The molecule has 0 aliphatic carbocycles. The van der Waals surface area contributed by atoms with Gasteiger partial charge in [-0.2, -0.15) is 0 Å². The predicted octanol–water partition coefficient (Wildman–Crippen LogP) is 2.32. The van der Waals surface area contributed by atoms with Crippen LogP contribution in [0.1, 0.15) is 28.4 Å². The van der Waals surface area contributed by atoms with Crippen LogP contribution >= 0.6 is 0 Å². The van der Waals surface area contributed by atoms with Gasteiger partial charge in [0.2, 0.25) is 5.43 Å². The zero-order chi connectivity index (χ0) is 18.7. The van der Waals surface area contributed by atoms with Gasteiger partial charge in [-0.3, -0.25) is 14.4 Å². The lowest BCUT2D eigenvalue weighted by molar-refractivity contribution is -0.138. The van der Waals surface area contributed by atoms with E-state index in [0.29, 0.717) is 17.3 Å². The minimum absolute atomic E-state index is 0.109. The molecule has 1 heterocycles. The van der Waals surface area contributed by atoms with Crippen molar-refractivity contribution in [3.63, 3.8) is 0 Å². The van der Waals surface area contributed by atoms with Crippen LogP contribution in [0.3, 0.4) is 0 Å². The average molecular weight is 350 g/mol. The van der Waals surface area contributed by atoms with Crippen molar-refractivity contribution in [2.24, 2.45) is 0 Å². The van der Waals surface area contributed by atoms with Crippen LogP contribution in [0, 0.1) is 0 Å². The first kappa shape index (κ1) is 17.4. The summed E-state index contributed by atoms with van der Waals surface area (Å²) in [6, 6.07) is 14.3. The largest absolute Gasteiger partial charge is 0.480 e. The summed E-state index contributed by atoms with van der Waals surface area (Å²) in [4.78, 5) is 38.7. The van der Waals surface area contributed by atoms with E-state index in [-0.39, 0.29) is 5.56 Å². The van der Waals surface area contributed by atoms with Gasteiger partial charge in [0.05, 0.1) is 0 Å². The number of carbonyl (C=O) groups is 2. The average Bonchev–Trinajstić information content (AvgIpc) is 2.63. The second kappa shape index (κ2) is 7.23. The van der Waals surface area contributed by atoms with Crippen LogP contribution in [0.4, 0.5) is 0 Å². The highest BCUT2D eigenvalue weighted by Crippen LogP contribution is 2.15. The molecule has 0 aliphatic rings. The van der Waals surface area contributed by atoms with E-state index < -0.39 is 23.3 Å². The number of nitrogens with one attached hydrogen (secondary N) is 2. The fraction of sp³-hybridized carbons (Fsp3) is 0.150. The van der Waals surface area contributed by atoms with Crippen molar-refractivity contribution in [3.8, 4) is 0 Å². The van der Waals surface area contributed by atoms with Crippen molar-refractivity contribution >= 4 is 22.8 Å². The van der Waals surface area contributed by atoms with Crippen LogP contribution in [0.15, 0.2) is 59.5 Å². The van der Waals surface area contributed by atoms with E-state index >= 15 is 0 Å². The monoisotopic (exact) mass is 350 g/mol. The van der Waals surface area contributed by atoms with Gasteiger partial charge >= 0.3 is 5.97 Å². The SMILES string of the molecule is CC(NC(=O)c1c[nH]c2ccc(Cc3ccccc3)cc2c1=O)C(=O)O. The van der Waals surface area contributed by atoms with Gasteiger partial charge in [-0.25, -0.2) is 0 Å². The van der Waals surface area contributed by atoms with Gasteiger partial charge < -0.3 is 15.4 Å². The number of aromatic amines is 1. The summed E-state index contributed by atoms with van der Waals surface area (Å²) in [7, 11) is 0. The summed E-state index contributed by atoms with van der Waals surface area (Å²) in [5, 5.41) is 11.6. The smallest absolute Gasteiger partial charge is 0.325 e. The van der Waals surface area contributed by atoms with E-state index in [4.69, 9.17) is 5.11 Å². The zero-order valence-corrected chi connectivity index (χ0v) is 14.2. The third kappa shape index (κ3) is 3.64. The molecule has 0 radical (unpaired) electrons. The number of pyridine rings is 1. The topological polar surface area (TPSA) is 99.3 Å². The van der Waals surface area contributed by atoms with E-state index in [9.17, 15) is 14.4 Å². The highest BCUT2D eigenvalue weighted by molar-refractivity contribution is 5.98. The number of benzene rings is 2. The Bertz CT molecular complexity index is 1020. The molecule has 26 heavy (non-hydrogen) atoms. The molecule has 1 atom stereocenters. The van der Waals surface area contributed by atoms with E-state index in [0.717, 1.165) is 11.1 Å². The lowest BCUT2D eigenvalue weighted by atomic mass is 10.0. The molecule has 0 bridgehead atoms. The lowest BCUT2D eigenvalue weighted by Crippen LogP contribution is -2.40. The molecule has 6 heteroatoms. The molecule has 3 aromatic rings. The van der Waals surface area contributed by atoms with Crippen molar-refractivity contribution in [1.29, 1.82) is 0 Å². The molecular weight excluding hydrogens is 332 g/mol. The normalized spacial score (nSPS) is 11.9. The lowest BCUT2D eigenvalue weighted by Gasteiger charge is -2.10. The Kier molecular flexibility index (Phi) is 4.84. The third-order valence-electron chi connectivity index (χ3n) is 4.16. The van der Waals surface area contributed by atoms with Crippen LogP contribution in [0.25, 0.3) is 10.9 Å².